The van der Waals surface area contributed by atoms with E-state index in [1.807, 2.05) is 0 Å². The van der Waals surface area contributed by atoms with Crippen LogP contribution in [0.15, 0.2) is 97.2 Å². The van der Waals surface area contributed by atoms with Crippen molar-refractivity contribution in [3.8, 4) is 0 Å². The first-order valence-corrected chi connectivity index (χ1v) is 25.3. The maximum atomic E-state index is 12.8. The molecule has 4 N–H and O–H groups in total. The molecule has 1 fully saturated rings. The molecule has 0 bridgehead atoms. The predicted octanol–water partition coefficient (Wildman–Crippen LogP) is 12.4. The molecule has 6 unspecified atom stereocenters. The van der Waals surface area contributed by atoms with E-state index < -0.39 is 43.4 Å². The number of allylic oxidation sites excluding steroid dienone is 16. The van der Waals surface area contributed by atoms with Gasteiger partial charge in [-0.3, -0.25) is 4.79 Å². The zero-order chi connectivity index (χ0) is 46.4. The number of carbonyl (C=O) groups excluding carboxylic acids is 1. The highest BCUT2D eigenvalue weighted by molar-refractivity contribution is 5.69. The quantitative estimate of drug-likeness (QED) is 0.0268. The van der Waals surface area contributed by atoms with Gasteiger partial charge in [0.1, 0.15) is 30.5 Å². The van der Waals surface area contributed by atoms with Gasteiger partial charge in [-0.1, -0.05) is 175 Å². The Bertz CT molecular complexity index is 1300. The number of carbonyl (C=O) groups is 1. The Labute approximate surface area is 390 Å². The van der Waals surface area contributed by atoms with Crippen LogP contribution < -0.4 is 0 Å². The Morgan fingerprint density at radius 2 is 0.953 bits per heavy atom. The molecule has 0 radical (unpaired) electrons. The van der Waals surface area contributed by atoms with E-state index in [0.29, 0.717) is 13.0 Å². The molecule has 6 atom stereocenters. The van der Waals surface area contributed by atoms with Crippen LogP contribution in [0.1, 0.15) is 181 Å². The lowest BCUT2D eigenvalue weighted by Gasteiger charge is -2.39. The van der Waals surface area contributed by atoms with Crippen LogP contribution in [0.5, 0.6) is 0 Å². The summed E-state index contributed by atoms with van der Waals surface area (Å²) in [5.41, 5.74) is 0. The largest absolute Gasteiger partial charge is 0.457 e. The highest BCUT2D eigenvalue weighted by atomic mass is 16.7. The number of aliphatic hydroxyl groups excluding tert-OH is 4. The molecule has 0 aromatic heterocycles. The monoisotopic (exact) mass is 897 g/mol. The first-order chi connectivity index (χ1) is 31.4. The molecule has 1 aliphatic rings. The Hall–Kier alpha value is -2.89. The molecule has 1 rings (SSSR count). The first kappa shape index (κ1) is 59.1. The third-order valence-electron chi connectivity index (χ3n) is 11.0. The molecule has 1 heterocycles. The van der Waals surface area contributed by atoms with Crippen molar-refractivity contribution >= 4 is 5.97 Å². The van der Waals surface area contributed by atoms with Crippen LogP contribution in [0.25, 0.3) is 0 Å². The zero-order valence-corrected chi connectivity index (χ0v) is 40.2. The SMILES string of the molecule is CC/C=C\C/C=C\C/C=C\C/C=C\C/C=C\C/C=C\CCCCCCCCCOCC(COC1OC(CO)C(O)C(O)C1O)OC(=O)CCCCCCC/C=C\C/C=C\CCCCC. The fraction of sp³-hybridized carbons (Fsp3) is 0.691. The summed E-state index contributed by atoms with van der Waals surface area (Å²) in [7, 11) is 0. The summed E-state index contributed by atoms with van der Waals surface area (Å²) in [5.74, 6) is -0.336. The molecule has 0 aromatic carbocycles. The molecule has 9 nitrogen and oxygen atoms in total. The van der Waals surface area contributed by atoms with Crippen LogP contribution >= 0.6 is 0 Å². The van der Waals surface area contributed by atoms with Crippen LogP contribution in [0.2, 0.25) is 0 Å². The van der Waals surface area contributed by atoms with E-state index in [4.69, 9.17) is 18.9 Å². The standard InChI is InChI=1S/C55H92O9/c1-3-5-7-9-11-13-15-17-19-20-21-22-23-24-25-26-27-28-29-31-33-35-37-39-41-43-45-61-47-49(48-62-55-54(60)53(59)52(58)50(46-56)64-55)63-51(57)44-42-40-38-36-34-32-30-18-16-14-12-10-8-6-4-2/h5,7,11-14,17-19,21-22,24-25,27-28,30,49-50,52-56,58-60H,3-4,6,8-10,15-16,20,23,26,29,31-48H2,1-2H3/b7-5-,13-11-,14-12-,19-17-,22-21-,25-24-,28-27-,30-18-. The van der Waals surface area contributed by atoms with Crippen molar-refractivity contribution in [2.45, 2.75) is 218 Å². The smallest absolute Gasteiger partial charge is 0.306 e. The summed E-state index contributed by atoms with van der Waals surface area (Å²) in [6.45, 7) is 4.36. The van der Waals surface area contributed by atoms with Gasteiger partial charge in [-0.25, -0.2) is 0 Å². The number of ether oxygens (including phenoxy) is 4. The van der Waals surface area contributed by atoms with E-state index in [-0.39, 0.29) is 19.2 Å². The maximum Gasteiger partial charge on any atom is 0.306 e. The predicted molar refractivity (Wildman–Crippen MR) is 265 cm³/mol. The van der Waals surface area contributed by atoms with Gasteiger partial charge in [0.2, 0.25) is 0 Å². The van der Waals surface area contributed by atoms with E-state index in [1.54, 1.807) is 0 Å². The highest BCUT2D eigenvalue weighted by Crippen LogP contribution is 2.22. The van der Waals surface area contributed by atoms with Crippen molar-refractivity contribution in [1.29, 1.82) is 0 Å². The Kier molecular flexibility index (Phi) is 41.8. The molecule has 9 heteroatoms. The van der Waals surface area contributed by atoms with Crippen molar-refractivity contribution in [1.82, 2.24) is 0 Å². The van der Waals surface area contributed by atoms with Crippen LogP contribution in [-0.2, 0) is 23.7 Å². The maximum absolute atomic E-state index is 12.8. The van der Waals surface area contributed by atoms with Gasteiger partial charge < -0.3 is 39.4 Å². The molecule has 0 spiro atoms. The lowest BCUT2D eigenvalue weighted by Crippen LogP contribution is -2.59. The van der Waals surface area contributed by atoms with Crippen LogP contribution in [0.3, 0.4) is 0 Å². The molecule has 1 saturated heterocycles. The van der Waals surface area contributed by atoms with Crippen LogP contribution in [-0.4, -0.2) is 89.6 Å². The Morgan fingerprint density at radius 1 is 0.516 bits per heavy atom. The third-order valence-corrected chi connectivity index (χ3v) is 11.0. The summed E-state index contributed by atoms with van der Waals surface area (Å²) < 4.78 is 22.8. The molecular weight excluding hydrogens is 805 g/mol. The molecule has 366 valence electrons. The van der Waals surface area contributed by atoms with Crippen molar-refractivity contribution < 1.29 is 44.2 Å². The van der Waals surface area contributed by atoms with Gasteiger partial charge in [0.15, 0.2) is 6.29 Å². The van der Waals surface area contributed by atoms with Gasteiger partial charge in [0, 0.05) is 13.0 Å². The van der Waals surface area contributed by atoms with Gasteiger partial charge in [0.05, 0.1) is 19.8 Å². The lowest BCUT2D eigenvalue weighted by atomic mass is 9.99. The van der Waals surface area contributed by atoms with Gasteiger partial charge in [0.25, 0.3) is 0 Å². The fourth-order valence-electron chi connectivity index (χ4n) is 7.05. The lowest BCUT2D eigenvalue weighted by molar-refractivity contribution is -0.305. The van der Waals surface area contributed by atoms with Crippen molar-refractivity contribution in [3.05, 3.63) is 97.2 Å². The minimum atomic E-state index is -1.55. The van der Waals surface area contributed by atoms with Gasteiger partial charge in [-0.2, -0.15) is 0 Å². The fourth-order valence-corrected chi connectivity index (χ4v) is 7.05. The number of aliphatic hydroxyl groups is 4. The highest BCUT2D eigenvalue weighted by Gasteiger charge is 2.44. The minimum absolute atomic E-state index is 0.125. The van der Waals surface area contributed by atoms with E-state index >= 15 is 0 Å². The zero-order valence-electron chi connectivity index (χ0n) is 40.2. The Balaban J connectivity index is 2.23. The van der Waals surface area contributed by atoms with Crippen molar-refractivity contribution in [3.63, 3.8) is 0 Å². The second kappa shape index (κ2) is 45.3. The summed E-state index contributed by atoms with van der Waals surface area (Å²) >= 11 is 0. The molecule has 64 heavy (non-hydrogen) atoms. The molecular formula is C55H92O9. The number of rotatable bonds is 42. The average Bonchev–Trinajstić information content (AvgIpc) is 3.30. The molecule has 1 aliphatic heterocycles. The summed E-state index contributed by atoms with van der Waals surface area (Å²) in [5, 5.41) is 40.2. The van der Waals surface area contributed by atoms with E-state index in [9.17, 15) is 25.2 Å². The first-order valence-electron chi connectivity index (χ1n) is 25.3. The van der Waals surface area contributed by atoms with E-state index in [1.165, 1.54) is 51.4 Å². The topological polar surface area (TPSA) is 135 Å². The molecule has 0 saturated carbocycles. The minimum Gasteiger partial charge on any atom is -0.457 e. The molecule has 0 amide bonds. The van der Waals surface area contributed by atoms with Crippen LogP contribution in [0.4, 0.5) is 0 Å². The average molecular weight is 897 g/mol. The third kappa shape index (κ3) is 35.4. The second-order valence-corrected chi connectivity index (χ2v) is 16.9. The van der Waals surface area contributed by atoms with E-state index in [2.05, 4.69) is 111 Å². The molecule has 0 aliphatic carbocycles. The molecule has 0 aromatic rings. The van der Waals surface area contributed by atoms with Crippen molar-refractivity contribution in [2.24, 2.45) is 0 Å². The number of hydrogen-bond donors (Lipinski definition) is 4. The Morgan fingerprint density at radius 3 is 1.44 bits per heavy atom. The second-order valence-electron chi connectivity index (χ2n) is 16.9. The number of hydrogen-bond acceptors (Lipinski definition) is 9. The van der Waals surface area contributed by atoms with E-state index in [0.717, 1.165) is 109 Å². The summed E-state index contributed by atoms with van der Waals surface area (Å²) in [6, 6.07) is 0. The number of unbranched alkanes of at least 4 members (excludes halogenated alkanes) is 15. The summed E-state index contributed by atoms with van der Waals surface area (Å²) in [6.07, 6.45) is 55.8. The van der Waals surface area contributed by atoms with Gasteiger partial charge >= 0.3 is 5.97 Å². The summed E-state index contributed by atoms with van der Waals surface area (Å²) in [4.78, 5) is 12.8. The van der Waals surface area contributed by atoms with Gasteiger partial charge in [-0.15, -0.1) is 0 Å². The van der Waals surface area contributed by atoms with Crippen molar-refractivity contribution in [2.75, 3.05) is 26.4 Å². The van der Waals surface area contributed by atoms with Crippen LogP contribution in [0, 0.1) is 0 Å². The normalized spacial score (nSPS) is 20.4. The number of esters is 1. The van der Waals surface area contributed by atoms with Gasteiger partial charge in [-0.05, 0) is 96.3 Å².